The third-order valence-corrected chi connectivity index (χ3v) is 3.59. The fourth-order valence-corrected chi connectivity index (χ4v) is 1.89. The van der Waals surface area contributed by atoms with Crippen LogP contribution in [-0.4, -0.2) is 24.6 Å². The van der Waals surface area contributed by atoms with Crippen LogP contribution in [0.2, 0.25) is 0 Å². The molecule has 1 rings (SSSR count). The minimum Gasteiger partial charge on any atom is -0.313 e. The summed E-state index contributed by atoms with van der Waals surface area (Å²) in [6.45, 7) is 4.85. The number of nitrogens with one attached hydrogen (secondary N) is 1. The zero-order valence-electron chi connectivity index (χ0n) is 7.74. The average molecular weight is 194 g/mol. The lowest BCUT2D eigenvalue weighted by Crippen LogP contribution is -2.57. The van der Waals surface area contributed by atoms with Gasteiger partial charge < -0.3 is 5.32 Å². The van der Waals surface area contributed by atoms with Crippen LogP contribution in [0.15, 0.2) is 0 Å². The van der Waals surface area contributed by atoms with Crippen LogP contribution in [0.1, 0.15) is 26.7 Å². The van der Waals surface area contributed by atoms with Crippen LogP contribution in [0.5, 0.6) is 0 Å². The molecule has 0 saturated heterocycles. The second-order valence-electron chi connectivity index (χ2n) is 4.07. The maximum Gasteiger partial charge on any atom is 0.0906 e. The quantitative estimate of drug-likeness (QED) is 0.534. The molecule has 0 aromatic carbocycles. The summed E-state index contributed by atoms with van der Waals surface area (Å²) in [6, 6.07) is 0.478. The number of alkyl halides is 2. The fraction of sp³-hybridized carbons (Fsp3) is 1.00. The van der Waals surface area contributed by atoms with E-state index in [1.807, 2.05) is 0 Å². The molecule has 1 saturated carbocycles. The largest absolute Gasteiger partial charge is 0.313 e. The Labute approximate surface area is 78.7 Å². The standard InChI is InChI=1S/C9H17ClFN/c1-9(2)7(10)6-8(9)12-5-3-4-11/h7-8,12H,3-6H2,1-2H3. The van der Waals surface area contributed by atoms with Gasteiger partial charge in [-0.3, -0.25) is 4.39 Å². The van der Waals surface area contributed by atoms with Gasteiger partial charge in [-0.05, 0) is 24.8 Å². The number of rotatable bonds is 4. The normalized spacial score (nSPS) is 33.0. The van der Waals surface area contributed by atoms with Gasteiger partial charge in [-0.25, -0.2) is 0 Å². The van der Waals surface area contributed by atoms with Gasteiger partial charge in [-0.1, -0.05) is 13.8 Å². The second-order valence-corrected chi connectivity index (χ2v) is 4.60. The van der Waals surface area contributed by atoms with Crippen LogP contribution in [0.3, 0.4) is 0 Å². The van der Waals surface area contributed by atoms with Crippen molar-refractivity contribution < 1.29 is 4.39 Å². The molecule has 0 heterocycles. The van der Waals surface area contributed by atoms with E-state index in [1.54, 1.807) is 0 Å². The molecule has 0 aliphatic heterocycles. The lowest BCUT2D eigenvalue weighted by molar-refractivity contribution is 0.116. The molecule has 1 aliphatic carbocycles. The molecule has 1 nitrogen and oxygen atoms in total. The highest BCUT2D eigenvalue weighted by molar-refractivity contribution is 6.21. The summed E-state index contributed by atoms with van der Waals surface area (Å²) in [5.41, 5.74) is 0.178. The van der Waals surface area contributed by atoms with Crippen LogP contribution in [0, 0.1) is 5.41 Å². The maximum absolute atomic E-state index is 11.8. The topological polar surface area (TPSA) is 12.0 Å². The van der Waals surface area contributed by atoms with Crippen molar-refractivity contribution in [2.45, 2.75) is 38.1 Å². The highest BCUT2D eigenvalue weighted by atomic mass is 35.5. The van der Waals surface area contributed by atoms with E-state index in [4.69, 9.17) is 11.6 Å². The Morgan fingerprint density at radius 2 is 2.25 bits per heavy atom. The molecule has 1 fully saturated rings. The summed E-state index contributed by atoms with van der Waals surface area (Å²) in [4.78, 5) is 0. The van der Waals surface area contributed by atoms with Gasteiger partial charge in [0.05, 0.1) is 6.67 Å². The second kappa shape index (κ2) is 3.93. The first-order valence-electron chi connectivity index (χ1n) is 4.52. The Morgan fingerprint density at radius 3 is 2.67 bits per heavy atom. The Morgan fingerprint density at radius 1 is 1.58 bits per heavy atom. The van der Waals surface area contributed by atoms with E-state index in [0.717, 1.165) is 13.0 Å². The van der Waals surface area contributed by atoms with Gasteiger partial charge in [0.1, 0.15) is 0 Å². The van der Waals surface area contributed by atoms with Gasteiger partial charge in [-0.2, -0.15) is 0 Å². The van der Waals surface area contributed by atoms with Gasteiger partial charge in [-0.15, -0.1) is 11.6 Å². The fourth-order valence-electron chi connectivity index (χ4n) is 1.56. The molecule has 0 bridgehead atoms. The van der Waals surface area contributed by atoms with Crippen molar-refractivity contribution in [3.8, 4) is 0 Å². The van der Waals surface area contributed by atoms with Gasteiger partial charge in [0.15, 0.2) is 0 Å². The summed E-state index contributed by atoms with van der Waals surface area (Å²) in [5, 5.41) is 3.59. The number of hydrogen-bond acceptors (Lipinski definition) is 1. The van der Waals surface area contributed by atoms with E-state index in [9.17, 15) is 4.39 Å². The molecular weight excluding hydrogens is 177 g/mol. The lowest BCUT2D eigenvalue weighted by Gasteiger charge is -2.49. The Kier molecular flexibility index (Phi) is 3.36. The Balaban J connectivity index is 2.19. The van der Waals surface area contributed by atoms with Crippen LogP contribution in [-0.2, 0) is 0 Å². The number of halogens is 2. The van der Waals surface area contributed by atoms with E-state index < -0.39 is 0 Å². The molecule has 72 valence electrons. The third-order valence-electron chi connectivity index (χ3n) is 2.85. The van der Waals surface area contributed by atoms with E-state index in [0.29, 0.717) is 12.5 Å². The van der Waals surface area contributed by atoms with Crippen LogP contribution < -0.4 is 5.32 Å². The third kappa shape index (κ3) is 1.91. The smallest absolute Gasteiger partial charge is 0.0906 e. The lowest BCUT2D eigenvalue weighted by atomic mass is 9.67. The first-order chi connectivity index (χ1) is 5.59. The van der Waals surface area contributed by atoms with E-state index in [-0.39, 0.29) is 17.5 Å². The molecule has 3 heteroatoms. The first kappa shape index (κ1) is 10.3. The van der Waals surface area contributed by atoms with Gasteiger partial charge in [0.2, 0.25) is 0 Å². The summed E-state index contributed by atoms with van der Waals surface area (Å²) >= 11 is 6.03. The molecule has 0 amide bonds. The Bertz CT molecular complexity index is 149. The molecule has 12 heavy (non-hydrogen) atoms. The van der Waals surface area contributed by atoms with E-state index in [2.05, 4.69) is 19.2 Å². The monoisotopic (exact) mass is 193 g/mol. The van der Waals surface area contributed by atoms with Crippen LogP contribution in [0.4, 0.5) is 4.39 Å². The van der Waals surface area contributed by atoms with Crippen molar-refractivity contribution in [2.75, 3.05) is 13.2 Å². The zero-order chi connectivity index (χ0) is 9.19. The average Bonchev–Trinajstić information content (AvgIpc) is 2.04. The first-order valence-corrected chi connectivity index (χ1v) is 4.96. The highest BCUT2D eigenvalue weighted by Gasteiger charge is 2.46. The van der Waals surface area contributed by atoms with Gasteiger partial charge in [0.25, 0.3) is 0 Å². The molecule has 2 atom stereocenters. The van der Waals surface area contributed by atoms with Gasteiger partial charge in [0, 0.05) is 11.4 Å². The summed E-state index contributed by atoms with van der Waals surface area (Å²) in [6.07, 6.45) is 1.63. The van der Waals surface area contributed by atoms with Crippen molar-refractivity contribution in [3.63, 3.8) is 0 Å². The minimum atomic E-state index is -0.232. The molecule has 0 radical (unpaired) electrons. The summed E-state index contributed by atoms with van der Waals surface area (Å²) < 4.78 is 11.8. The van der Waals surface area contributed by atoms with Crippen molar-refractivity contribution >= 4 is 11.6 Å². The maximum atomic E-state index is 11.8. The predicted octanol–water partition coefficient (Wildman–Crippen LogP) is 2.34. The van der Waals surface area contributed by atoms with E-state index in [1.165, 1.54) is 0 Å². The molecular formula is C9H17ClFN. The molecule has 0 spiro atoms. The molecule has 0 aromatic rings. The minimum absolute atomic E-state index is 0.178. The molecule has 0 aromatic heterocycles. The van der Waals surface area contributed by atoms with E-state index >= 15 is 0 Å². The van der Waals surface area contributed by atoms with Gasteiger partial charge >= 0.3 is 0 Å². The predicted molar refractivity (Wildman–Crippen MR) is 50.4 cm³/mol. The highest BCUT2D eigenvalue weighted by Crippen LogP contribution is 2.44. The van der Waals surface area contributed by atoms with Crippen molar-refractivity contribution in [1.29, 1.82) is 0 Å². The van der Waals surface area contributed by atoms with Crippen LogP contribution >= 0.6 is 11.6 Å². The zero-order valence-corrected chi connectivity index (χ0v) is 8.49. The number of hydrogen-bond donors (Lipinski definition) is 1. The summed E-state index contributed by atoms with van der Waals surface area (Å²) in [5.74, 6) is 0. The van der Waals surface area contributed by atoms with Crippen molar-refractivity contribution in [2.24, 2.45) is 5.41 Å². The molecule has 1 N–H and O–H groups in total. The van der Waals surface area contributed by atoms with Crippen LogP contribution in [0.25, 0.3) is 0 Å². The van der Waals surface area contributed by atoms with Crippen molar-refractivity contribution in [1.82, 2.24) is 5.32 Å². The Hall–Kier alpha value is 0.180. The summed E-state index contributed by atoms with van der Waals surface area (Å²) in [7, 11) is 0. The molecule has 2 unspecified atom stereocenters. The molecule has 1 aliphatic rings. The SMILES string of the molecule is CC1(C)C(Cl)CC1NCCCF. The van der Waals surface area contributed by atoms with Crippen molar-refractivity contribution in [3.05, 3.63) is 0 Å².